The van der Waals surface area contributed by atoms with Gasteiger partial charge >= 0.3 is 6.03 Å². The lowest BCUT2D eigenvalue weighted by atomic mass is 10.1. The van der Waals surface area contributed by atoms with Crippen LogP contribution in [-0.2, 0) is 17.9 Å². The zero-order valence-corrected chi connectivity index (χ0v) is 13.4. The van der Waals surface area contributed by atoms with Crippen molar-refractivity contribution in [3.05, 3.63) is 47.8 Å². The van der Waals surface area contributed by atoms with E-state index in [1.165, 1.54) is 17.0 Å². The van der Waals surface area contributed by atoms with Gasteiger partial charge < -0.3 is 4.90 Å². The van der Waals surface area contributed by atoms with Gasteiger partial charge in [-0.1, -0.05) is 17.3 Å². The molecule has 3 rings (SSSR count). The van der Waals surface area contributed by atoms with E-state index < -0.39 is 17.7 Å². The first-order chi connectivity index (χ1) is 12.1. The van der Waals surface area contributed by atoms with E-state index in [9.17, 15) is 18.4 Å². The molecular formula is C16H17F2N5O2. The Morgan fingerprint density at radius 1 is 1.16 bits per heavy atom. The molecule has 0 radical (unpaired) electrons. The van der Waals surface area contributed by atoms with Gasteiger partial charge in [-0.25, -0.2) is 13.6 Å². The molecule has 3 amide bonds. The van der Waals surface area contributed by atoms with Crippen molar-refractivity contribution in [1.29, 1.82) is 0 Å². The van der Waals surface area contributed by atoms with Crippen molar-refractivity contribution in [3.8, 4) is 0 Å². The summed E-state index contributed by atoms with van der Waals surface area (Å²) in [5.74, 6) is -2.19. The Hall–Kier alpha value is -2.84. The number of halogens is 2. The lowest BCUT2D eigenvalue weighted by molar-refractivity contribution is -0.131. The minimum Gasteiger partial charge on any atom is -0.319 e. The van der Waals surface area contributed by atoms with Crippen LogP contribution in [0.4, 0.5) is 13.6 Å². The van der Waals surface area contributed by atoms with E-state index in [4.69, 9.17) is 0 Å². The Kier molecular flexibility index (Phi) is 5.01. The number of imide groups is 1. The zero-order valence-electron chi connectivity index (χ0n) is 13.4. The largest absolute Gasteiger partial charge is 0.327 e. The molecule has 0 aliphatic carbocycles. The summed E-state index contributed by atoms with van der Waals surface area (Å²) in [4.78, 5) is 27.0. The third-order valence-corrected chi connectivity index (χ3v) is 4.03. The van der Waals surface area contributed by atoms with E-state index in [2.05, 4.69) is 10.3 Å². The molecule has 132 valence electrons. The first kappa shape index (κ1) is 17.0. The van der Waals surface area contributed by atoms with Crippen LogP contribution < -0.4 is 0 Å². The van der Waals surface area contributed by atoms with E-state index in [-0.39, 0.29) is 37.5 Å². The summed E-state index contributed by atoms with van der Waals surface area (Å²) in [5.41, 5.74) is 0.0882. The summed E-state index contributed by atoms with van der Waals surface area (Å²) in [6.45, 7) is 0.873. The van der Waals surface area contributed by atoms with Crippen LogP contribution in [0.2, 0.25) is 0 Å². The maximum atomic E-state index is 13.8. The highest BCUT2D eigenvalue weighted by Gasteiger charge is 2.32. The molecule has 0 N–H and O–H groups in total. The monoisotopic (exact) mass is 349 g/mol. The van der Waals surface area contributed by atoms with E-state index in [1.54, 1.807) is 17.1 Å². The van der Waals surface area contributed by atoms with E-state index in [0.717, 1.165) is 11.0 Å². The second-order valence-electron chi connectivity index (χ2n) is 5.73. The molecule has 2 aromatic rings. The summed E-state index contributed by atoms with van der Waals surface area (Å²) in [6.07, 6.45) is 3.93. The fraction of sp³-hybridized carbons (Fsp3) is 0.375. The van der Waals surface area contributed by atoms with E-state index in [0.29, 0.717) is 13.0 Å². The number of aryl methyl sites for hydroxylation is 1. The zero-order chi connectivity index (χ0) is 17.8. The summed E-state index contributed by atoms with van der Waals surface area (Å²) in [5, 5.41) is 7.50. The molecule has 7 nitrogen and oxygen atoms in total. The van der Waals surface area contributed by atoms with Crippen LogP contribution in [0.15, 0.2) is 30.6 Å². The van der Waals surface area contributed by atoms with Crippen molar-refractivity contribution < 1.29 is 18.4 Å². The maximum Gasteiger partial charge on any atom is 0.327 e. The summed E-state index contributed by atoms with van der Waals surface area (Å²) >= 11 is 0. The molecule has 0 bridgehead atoms. The van der Waals surface area contributed by atoms with Gasteiger partial charge in [0.2, 0.25) is 5.91 Å². The highest BCUT2D eigenvalue weighted by Crippen LogP contribution is 2.18. The van der Waals surface area contributed by atoms with Crippen LogP contribution in [0.5, 0.6) is 0 Å². The van der Waals surface area contributed by atoms with Crippen molar-refractivity contribution in [2.45, 2.75) is 25.9 Å². The first-order valence-corrected chi connectivity index (χ1v) is 7.92. The van der Waals surface area contributed by atoms with Gasteiger partial charge in [0.1, 0.15) is 0 Å². The Bertz CT molecular complexity index is 766. The molecule has 1 aromatic heterocycles. The third-order valence-electron chi connectivity index (χ3n) is 4.03. The fourth-order valence-electron chi connectivity index (χ4n) is 2.72. The normalized spacial score (nSPS) is 15.1. The van der Waals surface area contributed by atoms with E-state index in [1.807, 2.05) is 0 Å². The SMILES string of the molecule is O=C1CCN(Cc2cccc(F)c2F)C(=O)N1CCCn1ccnn1. The maximum absolute atomic E-state index is 13.8. The number of urea groups is 1. The molecule has 1 saturated heterocycles. The van der Waals surface area contributed by atoms with E-state index >= 15 is 0 Å². The number of carbonyl (C=O) groups excluding carboxylic acids is 2. The average molecular weight is 349 g/mol. The molecule has 1 aromatic carbocycles. The minimum absolute atomic E-state index is 0.0741. The highest BCUT2D eigenvalue weighted by molar-refractivity contribution is 5.96. The number of aromatic nitrogens is 3. The Labute approximate surface area is 142 Å². The number of carbonyl (C=O) groups is 2. The summed E-state index contributed by atoms with van der Waals surface area (Å²) in [6, 6.07) is 3.36. The van der Waals surface area contributed by atoms with Crippen molar-refractivity contribution in [2.75, 3.05) is 13.1 Å². The lowest BCUT2D eigenvalue weighted by Gasteiger charge is -2.34. The number of nitrogens with zero attached hydrogens (tertiary/aromatic N) is 5. The van der Waals surface area contributed by atoms with Crippen molar-refractivity contribution >= 4 is 11.9 Å². The van der Waals surface area contributed by atoms with Crippen molar-refractivity contribution in [2.24, 2.45) is 0 Å². The Morgan fingerprint density at radius 2 is 2.00 bits per heavy atom. The van der Waals surface area contributed by atoms with Crippen LogP contribution >= 0.6 is 0 Å². The molecule has 0 saturated carbocycles. The number of hydrogen-bond acceptors (Lipinski definition) is 4. The summed E-state index contributed by atoms with van der Waals surface area (Å²) in [7, 11) is 0. The molecule has 0 atom stereocenters. The van der Waals surface area contributed by atoms with Gasteiger partial charge in [-0.15, -0.1) is 5.10 Å². The number of hydrogen-bond donors (Lipinski definition) is 0. The van der Waals surface area contributed by atoms with Crippen LogP contribution in [0.3, 0.4) is 0 Å². The van der Waals surface area contributed by atoms with Gasteiger partial charge in [0.15, 0.2) is 11.6 Å². The van der Waals surface area contributed by atoms with Gasteiger partial charge in [0.25, 0.3) is 0 Å². The second-order valence-corrected chi connectivity index (χ2v) is 5.73. The first-order valence-electron chi connectivity index (χ1n) is 7.92. The summed E-state index contributed by atoms with van der Waals surface area (Å²) < 4.78 is 28.7. The topological polar surface area (TPSA) is 71.3 Å². The standard InChI is InChI=1S/C16H17F2N5O2/c17-13-4-1-3-12(15(13)18)11-21-9-5-14(24)23(16(21)25)8-2-7-22-10-6-19-20-22/h1,3-4,6,10H,2,5,7-9,11H2. The quantitative estimate of drug-likeness (QED) is 0.797. The fourth-order valence-corrected chi connectivity index (χ4v) is 2.72. The predicted octanol–water partition coefficient (Wildman–Crippen LogP) is 1.80. The number of amides is 3. The van der Waals surface area contributed by atoms with Crippen molar-refractivity contribution in [1.82, 2.24) is 24.8 Å². The predicted molar refractivity (Wildman–Crippen MR) is 83.1 cm³/mol. The van der Waals surface area contributed by atoms with Gasteiger partial charge in [0, 0.05) is 37.8 Å². The molecule has 9 heteroatoms. The Balaban J connectivity index is 1.63. The smallest absolute Gasteiger partial charge is 0.319 e. The number of rotatable bonds is 6. The average Bonchev–Trinajstić information content (AvgIpc) is 3.10. The van der Waals surface area contributed by atoms with Gasteiger partial charge in [0.05, 0.1) is 12.7 Å². The van der Waals surface area contributed by atoms with Gasteiger partial charge in [-0.3, -0.25) is 14.4 Å². The number of benzene rings is 1. The second kappa shape index (κ2) is 7.37. The third kappa shape index (κ3) is 3.81. The highest BCUT2D eigenvalue weighted by atomic mass is 19.2. The minimum atomic E-state index is -0.968. The molecule has 0 unspecified atom stereocenters. The van der Waals surface area contributed by atoms with Crippen LogP contribution in [0.25, 0.3) is 0 Å². The molecule has 25 heavy (non-hydrogen) atoms. The molecule has 0 spiro atoms. The molecular weight excluding hydrogens is 332 g/mol. The molecule has 1 aliphatic heterocycles. The van der Waals surface area contributed by atoms with Gasteiger partial charge in [-0.2, -0.15) is 0 Å². The van der Waals surface area contributed by atoms with Crippen molar-refractivity contribution in [3.63, 3.8) is 0 Å². The van der Waals surface area contributed by atoms with Crippen LogP contribution in [-0.4, -0.2) is 49.8 Å². The van der Waals surface area contributed by atoms with Gasteiger partial charge in [-0.05, 0) is 12.5 Å². The molecule has 1 fully saturated rings. The molecule has 2 heterocycles. The van der Waals surface area contributed by atoms with Crippen LogP contribution in [0.1, 0.15) is 18.4 Å². The Morgan fingerprint density at radius 3 is 2.76 bits per heavy atom. The van der Waals surface area contributed by atoms with Crippen LogP contribution in [0, 0.1) is 11.6 Å². The lowest BCUT2D eigenvalue weighted by Crippen LogP contribution is -2.52. The molecule has 1 aliphatic rings.